The molecule has 168 valence electrons. The number of imide groups is 1. The number of benzene rings is 4. The quantitative estimate of drug-likeness (QED) is 0.425. The van der Waals surface area contributed by atoms with Gasteiger partial charge in [0.05, 0.1) is 0 Å². The van der Waals surface area contributed by atoms with E-state index in [4.69, 9.17) is 0 Å². The molecule has 4 aromatic rings. The zero-order valence-electron chi connectivity index (χ0n) is 18.6. The largest absolute Gasteiger partial charge is 0.325 e. The van der Waals surface area contributed by atoms with Crippen LogP contribution in [0.3, 0.4) is 0 Å². The standard InChI is InChI=1S/C28H23N3O3/c1-28(23-14-11-20-9-5-6-10-22(20)17-23)26(33)31(27(34)30-28)18-25(32)29-24-15-12-21(13-16-24)19-7-3-2-4-8-19/h2-17H,18H2,1H3,(H,29,32)(H,30,34). The van der Waals surface area contributed by atoms with E-state index in [-0.39, 0.29) is 6.54 Å². The van der Waals surface area contributed by atoms with Crippen LogP contribution in [0.4, 0.5) is 10.5 Å². The lowest BCUT2D eigenvalue weighted by Crippen LogP contribution is -2.42. The van der Waals surface area contributed by atoms with E-state index in [0.29, 0.717) is 11.3 Å². The minimum Gasteiger partial charge on any atom is -0.325 e. The lowest BCUT2D eigenvalue weighted by molar-refractivity contribution is -0.133. The van der Waals surface area contributed by atoms with Gasteiger partial charge in [0.1, 0.15) is 12.1 Å². The van der Waals surface area contributed by atoms with Crippen LogP contribution in [0.5, 0.6) is 0 Å². The van der Waals surface area contributed by atoms with Crippen molar-refractivity contribution in [3.05, 3.63) is 103 Å². The first-order valence-corrected chi connectivity index (χ1v) is 11.0. The Morgan fingerprint density at radius 1 is 0.824 bits per heavy atom. The number of urea groups is 1. The van der Waals surface area contributed by atoms with Crippen molar-refractivity contribution in [2.45, 2.75) is 12.5 Å². The highest BCUT2D eigenvalue weighted by Crippen LogP contribution is 2.31. The summed E-state index contributed by atoms with van der Waals surface area (Å²) in [6.07, 6.45) is 0. The van der Waals surface area contributed by atoms with Crippen molar-refractivity contribution >= 4 is 34.3 Å². The molecule has 1 atom stereocenters. The highest BCUT2D eigenvalue weighted by molar-refractivity contribution is 6.10. The van der Waals surface area contributed by atoms with Gasteiger partial charge in [-0.25, -0.2) is 4.79 Å². The molecule has 0 saturated carbocycles. The highest BCUT2D eigenvalue weighted by atomic mass is 16.2. The van der Waals surface area contributed by atoms with E-state index in [2.05, 4.69) is 10.6 Å². The molecular weight excluding hydrogens is 426 g/mol. The number of hydrogen-bond acceptors (Lipinski definition) is 3. The fourth-order valence-electron chi connectivity index (χ4n) is 4.26. The summed E-state index contributed by atoms with van der Waals surface area (Å²) < 4.78 is 0. The Hall–Kier alpha value is -4.45. The maximum Gasteiger partial charge on any atom is 0.325 e. The third-order valence-electron chi connectivity index (χ3n) is 6.18. The molecule has 1 unspecified atom stereocenters. The Balaban J connectivity index is 1.29. The number of nitrogens with one attached hydrogen (secondary N) is 2. The van der Waals surface area contributed by atoms with Crippen molar-refractivity contribution in [1.29, 1.82) is 0 Å². The second-order valence-corrected chi connectivity index (χ2v) is 8.50. The summed E-state index contributed by atoms with van der Waals surface area (Å²) in [6.45, 7) is 1.30. The molecule has 1 saturated heterocycles. The summed E-state index contributed by atoms with van der Waals surface area (Å²) >= 11 is 0. The average Bonchev–Trinajstić information content (AvgIpc) is 3.08. The van der Waals surface area contributed by atoms with E-state index in [1.165, 1.54) is 0 Å². The smallest absolute Gasteiger partial charge is 0.325 e. The van der Waals surface area contributed by atoms with E-state index < -0.39 is 23.4 Å². The van der Waals surface area contributed by atoms with Gasteiger partial charge in [0.2, 0.25) is 5.91 Å². The van der Waals surface area contributed by atoms with Crippen molar-refractivity contribution in [2.75, 3.05) is 11.9 Å². The van der Waals surface area contributed by atoms with Gasteiger partial charge in [-0.3, -0.25) is 14.5 Å². The van der Waals surface area contributed by atoms with Crippen molar-refractivity contribution in [1.82, 2.24) is 10.2 Å². The van der Waals surface area contributed by atoms with Gasteiger partial charge < -0.3 is 10.6 Å². The monoisotopic (exact) mass is 449 g/mol. The molecule has 0 aliphatic carbocycles. The molecule has 6 nitrogen and oxygen atoms in total. The van der Waals surface area contributed by atoms with Gasteiger partial charge in [0.15, 0.2) is 0 Å². The van der Waals surface area contributed by atoms with Crippen LogP contribution in [-0.4, -0.2) is 29.3 Å². The second-order valence-electron chi connectivity index (χ2n) is 8.50. The number of carbonyl (C=O) groups excluding carboxylic acids is 3. The Morgan fingerprint density at radius 3 is 2.21 bits per heavy atom. The molecule has 1 aliphatic rings. The van der Waals surface area contributed by atoms with Gasteiger partial charge in [0.25, 0.3) is 5.91 Å². The molecule has 0 aromatic heterocycles. The first-order valence-electron chi connectivity index (χ1n) is 11.0. The summed E-state index contributed by atoms with van der Waals surface area (Å²) in [7, 11) is 0. The number of carbonyl (C=O) groups is 3. The van der Waals surface area contributed by atoms with Gasteiger partial charge in [-0.1, -0.05) is 78.9 Å². The maximum absolute atomic E-state index is 13.2. The molecule has 1 heterocycles. The molecule has 0 bridgehead atoms. The molecule has 5 rings (SSSR count). The first kappa shape index (κ1) is 21.4. The molecule has 4 aromatic carbocycles. The van der Waals surface area contributed by atoms with Crippen molar-refractivity contribution < 1.29 is 14.4 Å². The Kier molecular flexibility index (Phi) is 5.34. The fourth-order valence-corrected chi connectivity index (χ4v) is 4.26. The summed E-state index contributed by atoms with van der Waals surface area (Å²) in [5, 5.41) is 7.54. The highest BCUT2D eigenvalue weighted by Gasteiger charge is 2.49. The van der Waals surface area contributed by atoms with Crippen LogP contribution in [0.15, 0.2) is 97.1 Å². The molecule has 2 N–H and O–H groups in total. The number of amides is 4. The fraction of sp³-hybridized carbons (Fsp3) is 0.107. The third kappa shape index (κ3) is 3.90. The van der Waals surface area contributed by atoms with E-state index in [1.54, 1.807) is 19.1 Å². The third-order valence-corrected chi connectivity index (χ3v) is 6.18. The van der Waals surface area contributed by atoms with Crippen molar-refractivity contribution in [3.63, 3.8) is 0 Å². The summed E-state index contributed by atoms with van der Waals surface area (Å²) in [5.74, 6) is -0.902. The minimum atomic E-state index is -1.24. The van der Waals surface area contributed by atoms with Gasteiger partial charge in [-0.15, -0.1) is 0 Å². The number of fused-ring (bicyclic) bond motifs is 1. The molecule has 0 radical (unpaired) electrons. The summed E-state index contributed by atoms with van der Waals surface area (Å²) in [5.41, 5.74) is 2.13. The Labute approximate surface area is 197 Å². The number of anilines is 1. The van der Waals surface area contributed by atoms with Crippen molar-refractivity contribution in [3.8, 4) is 11.1 Å². The molecular formula is C28H23N3O3. The predicted octanol–water partition coefficient (Wildman–Crippen LogP) is 4.91. The van der Waals surface area contributed by atoms with Gasteiger partial charge in [-0.05, 0) is 52.6 Å². The van der Waals surface area contributed by atoms with Crippen LogP contribution >= 0.6 is 0 Å². The number of rotatable bonds is 5. The van der Waals surface area contributed by atoms with Crippen molar-refractivity contribution in [2.24, 2.45) is 0 Å². The van der Waals surface area contributed by atoms with Gasteiger partial charge in [0, 0.05) is 5.69 Å². The van der Waals surface area contributed by atoms with Crippen LogP contribution in [0.2, 0.25) is 0 Å². The molecule has 34 heavy (non-hydrogen) atoms. The molecule has 1 fully saturated rings. The Morgan fingerprint density at radius 2 is 1.47 bits per heavy atom. The van der Waals surface area contributed by atoms with Gasteiger partial charge in [-0.2, -0.15) is 0 Å². The first-order chi connectivity index (χ1) is 16.4. The van der Waals surface area contributed by atoms with E-state index in [9.17, 15) is 14.4 Å². The van der Waals surface area contributed by atoms with Crippen LogP contribution < -0.4 is 10.6 Å². The molecule has 0 spiro atoms. The van der Waals surface area contributed by atoms with Crippen LogP contribution in [0.1, 0.15) is 12.5 Å². The maximum atomic E-state index is 13.2. The van der Waals surface area contributed by atoms with E-state index in [0.717, 1.165) is 26.8 Å². The SMILES string of the molecule is CC1(c2ccc3ccccc3c2)NC(=O)N(CC(=O)Nc2ccc(-c3ccccc3)cc2)C1=O. The number of hydrogen-bond donors (Lipinski definition) is 2. The van der Waals surface area contributed by atoms with Crippen LogP contribution in [-0.2, 0) is 15.1 Å². The summed E-state index contributed by atoms with van der Waals surface area (Å²) in [6, 6.07) is 30.2. The second kappa shape index (κ2) is 8.48. The lowest BCUT2D eigenvalue weighted by Gasteiger charge is -2.22. The Bertz CT molecular complexity index is 1400. The molecule has 4 amide bonds. The average molecular weight is 450 g/mol. The zero-order valence-corrected chi connectivity index (χ0v) is 18.6. The molecule has 6 heteroatoms. The normalized spacial score (nSPS) is 17.6. The van der Waals surface area contributed by atoms with Gasteiger partial charge >= 0.3 is 6.03 Å². The topological polar surface area (TPSA) is 78.5 Å². The van der Waals surface area contributed by atoms with Crippen LogP contribution in [0, 0.1) is 0 Å². The zero-order chi connectivity index (χ0) is 23.7. The van der Waals surface area contributed by atoms with E-state index in [1.807, 2.05) is 84.9 Å². The molecule has 1 aliphatic heterocycles. The predicted molar refractivity (Wildman–Crippen MR) is 132 cm³/mol. The minimum absolute atomic E-state index is 0.367. The van der Waals surface area contributed by atoms with E-state index >= 15 is 0 Å². The lowest BCUT2D eigenvalue weighted by atomic mass is 9.90. The number of nitrogens with zero attached hydrogens (tertiary/aromatic N) is 1. The summed E-state index contributed by atoms with van der Waals surface area (Å²) in [4.78, 5) is 39.5. The van der Waals surface area contributed by atoms with Crippen LogP contribution in [0.25, 0.3) is 21.9 Å².